The lowest BCUT2D eigenvalue weighted by Gasteiger charge is -2.33. The lowest BCUT2D eigenvalue weighted by Crippen LogP contribution is -2.37. The van der Waals surface area contributed by atoms with Gasteiger partial charge in [0.2, 0.25) is 11.8 Å². The van der Waals surface area contributed by atoms with E-state index in [2.05, 4.69) is 18.8 Å². The molecule has 4 N–H and O–H groups in total. The summed E-state index contributed by atoms with van der Waals surface area (Å²) in [5.74, 6) is 0.192. The van der Waals surface area contributed by atoms with Gasteiger partial charge in [-0.05, 0) is 36.5 Å². The van der Waals surface area contributed by atoms with Crippen molar-refractivity contribution in [1.29, 1.82) is 0 Å². The molecule has 0 spiro atoms. The number of carbonyl (C=O) groups excluding carboxylic acids is 2. The van der Waals surface area contributed by atoms with Gasteiger partial charge in [0.1, 0.15) is 0 Å². The fourth-order valence-corrected chi connectivity index (χ4v) is 2.97. The third-order valence-corrected chi connectivity index (χ3v) is 3.77. The predicted molar refractivity (Wildman–Crippen MR) is 84.8 cm³/mol. The minimum Gasteiger partial charge on any atom is -0.366 e. The first-order chi connectivity index (χ1) is 9.23. The van der Waals surface area contributed by atoms with Crippen LogP contribution in [0.4, 0.5) is 0 Å². The highest BCUT2D eigenvalue weighted by atomic mass is 32.3. The first kappa shape index (κ1) is 16.5. The zero-order chi connectivity index (χ0) is 15.3. The van der Waals surface area contributed by atoms with Crippen LogP contribution in [0.2, 0.25) is 0 Å². The molecule has 0 saturated heterocycles. The zero-order valence-corrected chi connectivity index (χ0v) is 13.1. The maximum Gasteiger partial charge on any atom is 0.248 e. The summed E-state index contributed by atoms with van der Waals surface area (Å²) in [7, 11) is -0.845. The summed E-state index contributed by atoms with van der Waals surface area (Å²) < 4.78 is 0. The fourth-order valence-electron chi connectivity index (χ4n) is 1.80. The van der Waals surface area contributed by atoms with Crippen LogP contribution in [0.25, 0.3) is 0 Å². The van der Waals surface area contributed by atoms with Crippen LogP contribution in [0.3, 0.4) is 0 Å². The number of hydrogen-bond acceptors (Lipinski definition) is 3. The van der Waals surface area contributed by atoms with E-state index in [-0.39, 0.29) is 12.5 Å². The van der Waals surface area contributed by atoms with Crippen LogP contribution >= 0.6 is 10.0 Å². The molecule has 0 aliphatic carbocycles. The molecule has 0 bridgehead atoms. The van der Waals surface area contributed by atoms with Gasteiger partial charge in [-0.1, -0.05) is 12.1 Å². The summed E-state index contributed by atoms with van der Waals surface area (Å²) in [5, 5.41) is 0. The van der Waals surface area contributed by atoms with Crippen molar-refractivity contribution in [2.24, 2.45) is 11.5 Å². The van der Waals surface area contributed by atoms with Crippen molar-refractivity contribution in [2.45, 2.75) is 6.54 Å². The normalized spacial score (nSPS) is 12.0. The molecule has 0 radical (unpaired) electrons. The lowest BCUT2D eigenvalue weighted by atomic mass is 10.1. The molecular formula is C14H23N3O2S. The van der Waals surface area contributed by atoms with E-state index in [0.717, 1.165) is 5.56 Å². The Morgan fingerprint density at radius 3 is 2.10 bits per heavy atom. The van der Waals surface area contributed by atoms with Gasteiger partial charge in [0, 0.05) is 12.1 Å². The number of hydrogen-bond donors (Lipinski definition) is 2. The molecule has 0 aliphatic rings. The molecule has 0 aromatic heterocycles. The number of nitrogens with two attached hydrogens (primary N) is 2. The summed E-state index contributed by atoms with van der Waals surface area (Å²) in [6.45, 7) is 0.508. The molecule has 112 valence electrons. The van der Waals surface area contributed by atoms with E-state index in [1.807, 2.05) is 12.1 Å². The van der Waals surface area contributed by atoms with E-state index >= 15 is 0 Å². The van der Waals surface area contributed by atoms with Gasteiger partial charge in [0.05, 0.1) is 12.4 Å². The molecular weight excluding hydrogens is 274 g/mol. The Morgan fingerprint density at radius 1 is 1.15 bits per heavy atom. The van der Waals surface area contributed by atoms with Crippen LogP contribution in [0.1, 0.15) is 15.9 Å². The number of nitrogens with zero attached hydrogens (tertiary/aromatic N) is 1. The maximum absolute atomic E-state index is 11.9. The van der Waals surface area contributed by atoms with Crippen LogP contribution in [-0.4, -0.2) is 47.9 Å². The third-order valence-electron chi connectivity index (χ3n) is 2.68. The molecule has 1 aromatic carbocycles. The van der Waals surface area contributed by atoms with E-state index in [4.69, 9.17) is 11.5 Å². The molecule has 6 heteroatoms. The van der Waals surface area contributed by atoms with Crippen LogP contribution in [0.5, 0.6) is 0 Å². The smallest absolute Gasteiger partial charge is 0.248 e. The second kappa shape index (κ2) is 6.76. The highest BCUT2D eigenvalue weighted by Gasteiger charge is 2.17. The molecule has 20 heavy (non-hydrogen) atoms. The SMILES string of the molecule is CS(C)(C)CN(Cc1ccc(C(N)=O)cc1)C(=O)CN. The fraction of sp³-hybridized carbons (Fsp3) is 0.429. The van der Waals surface area contributed by atoms with E-state index in [9.17, 15) is 9.59 Å². The van der Waals surface area contributed by atoms with Gasteiger partial charge < -0.3 is 16.4 Å². The van der Waals surface area contributed by atoms with Gasteiger partial charge in [-0.3, -0.25) is 9.59 Å². The van der Waals surface area contributed by atoms with Crippen LogP contribution < -0.4 is 11.5 Å². The van der Waals surface area contributed by atoms with Crippen molar-refractivity contribution < 1.29 is 9.59 Å². The van der Waals surface area contributed by atoms with E-state index in [1.54, 1.807) is 17.0 Å². The van der Waals surface area contributed by atoms with E-state index in [1.165, 1.54) is 0 Å². The van der Waals surface area contributed by atoms with E-state index < -0.39 is 15.9 Å². The van der Waals surface area contributed by atoms with Crippen molar-refractivity contribution >= 4 is 21.8 Å². The molecule has 0 saturated carbocycles. The standard InChI is InChI=1S/C14H23N3O2S/c1-20(2,3)10-17(13(18)8-15)9-11-4-6-12(7-5-11)14(16)19/h4-7H,8-10,15H2,1-3H3,(H2,16,19). The maximum atomic E-state index is 11.9. The number of carbonyl (C=O) groups is 2. The Bertz CT molecular complexity index is 480. The summed E-state index contributed by atoms with van der Waals surface area (Å²) in [6.07, 6.45) is 6.46. The topological polar surface area (TPSA) is 89.4 Å². The molecule has 5 nitrogen and oxygen atoms in total. The molecule has 0 aliphatic heterocycles. The monoisotopic (exact) mass is 297 g/mol. The average Bonchev–Trinajstić information content (AvgIpc) is 2.36. The van der Waals surface area contributed by atoms with Gasteiger partial charge in [-0.25, -0.2) is 10.0 Å². The largest absolute Gasteiger partial charge is 0.366 e. The van der Waals surface area contributed by atoms with Crippen molar-refractivity contribution in [3.8, 4) is 0 Å². The predicted octanol–water partition coefficient (Wildman–Crippen LogP) is 0.724. The van der Waals surface area contributed by atoms with Gasteiger partial charge in [0.25, 0.3) is 0 Å². The Balaban J connectivity index is 2.84. The van der Waals surface area contributed by atoms with Gasteiger partial charge >= 0.3 is 0 Å². The molecule has 2 amide bonds. The van der Waals surface area contributed by atoms with Crippen LogP contribution in [-0.2, 0) is 11.3 Å². The summed E-state index contributed by atoms with van der Waals surface area (Å²) in [6, 6.07) is 6.98. The second-order valence-electron chi connectivity index (χ2n) is 5.58. The first-order valence-corrected chi connectivity index (χ1v) is 9.28. The molecule has 0 atom stereocenters. The average molecular weight is 297 g/mol. The summed E-state index contributed by atoms with van der Waals surface area (Å²) >= 11 is 0. The third kappa shape index (κ3) is 5.22. The quantitative estimate of drug-likeness (QED) is 0.811. The molecule has 1 rings (SSSR count). The van der Waals surface area contributed by atoms with Crippen molar-refractivity contribution in [3.05, 3.63) is 35.4 Å². The molecule has 0 heterocycles. The summed E-state index contributed by atoms with van der Waals surface area (Å²) in [5.41, 5.74) is 12.1. The summed E-state index contributed by atoms with van der Waals surface area (Å²) in [4.78, 5) is 24.7. The van der Waals surface area contributed by atoms with Crippen LogP contribution in [0, 0.1) is 0 Å². The Hall–Kier alpha value is -1.53. The van der Waals surface area contributed by atoms with Crippen molar-refractivity contribution in [3.63, 3.8) is 0 Å². The van der Waals surface area contributed by atoms with E-state index in [0.29, 0.717) is 18.0 Å². The Morgan fingerprint density at radius 2 is 1.70 bits per heavy atom. The first-order valence-electron chi connectivity index (χ1n) is 6.25. The van der Waals surface area contributed by atoms with Crippen molar-refractivity contribution in [1.82, 2.24) is 4.90 Å². The second-order valence-corrected chi connectivity index (χ2v) is 10.0. The molecule has 1 aromatic rings. The number of amides is 2. The lowest BCUT2D eigenvalue weighted by molar-refractivity contribution is -0.129. The highest BCUT2D eigenvalue weighted by Crippen LogP contribution is 2.35. The van der Waals surface area contributed by atoms with Gasteiger partial charge in [-0.2, -0.15) is 0 Å². The van der Waals surface area contributed by atoms with Gasteiger partial charge in [0.15, 0.2) is 0 Å². The van der Waals surface area contributed by atoms with Gasteiger partial charge in [-0.15, -0.1) is 0 Å². The van der Waals surface area contributed by atoms with Crippen LogP contribution in [0.15, 0.2) is 24.3 Å². The Kier molecular flexibility index (Phi) is 5.59. The Labute approximate surface area is 121 Å². The minimum absolute atomic E-state index is 0.00882. The minimum atomic E-state index is -0.845. The zero-order valence-electron chi connectivity index (χ0n) is 12.3. The van der Waals surface area contributed by atoms with Crippen molar-refractivity contribution in [2.75, 3.05) is 31.2 Å². The highest BCUT2D eigenvalue weighted by molar-refractivity contribution is 8.32. The number of primary amides is 1. The molecule has 0 fully saturated rings. The number of rotatable bonds is 6. The molecule has 0 unspecified atom stereocenters. The number of benzene rings is 1.